The lowest BCUT2D eigenvalue weighted by molar-refractivity contribution is -0.0427. The van der Waals surface area contributed by atoms with Crippen molar-refractivity contribution in [3.8, 4) is 23.0 Å². The number of rotatable bonds is 3. The molecule has 3 rings (SSSR count). The number of hydrogen-bond donors (Lipinski definition) is 3. The van der Waals surface area contributed by atoms with Crippen LogP contribution >= 0.6 is 0 Å². The molecule has 2 heterocycles. The molecule has 0 unspecified atom stereocenters. The van der Waals surface area contributed by atoms with Gasteiger partial charge in [0.1, 0.15) is 5.82 Å². The second-order valence-electron chi connectivity index (χ2n) is 5.38. The second kappa shape index (κ2) is 6.32. The third-order valence-electron chi connectivity index (χ3n) is 3.74. The molecule has 0 bridgehead atoms. The number of halogens is 1. The maximum absolute atomic E-state index is 14.3. The first-order valence-electron chi connectivity index (χ1n) is 7.26. The maximum Gasteiger partial charge on any atom is 0.280 e. The highest BCUT2D eigenvalue weighted by Gasteiger charge is 2.18. The summed E-state index contributed by atoms with van der Waals surface area (Å²) < 4.78 is 15.4. The van der Waals surface area contributed by atoms with Gasteiger partial charge in [0.05, 0.1) is 17.2 Å². The third-order valence-corrected chi connectivity index (χ3v) is 3.74. The topological polar surface area (TPSA) is 115 Å². The summed E-state index contributed by atoms with van der Waals surface area (Å²) in [5, 5.41) is 29.8. The van der Waals surface area contributed by atoms with Crippen molar-refractivity contribution >= 4 is 0 Å². The fourth-order valence-electron chi connectivity index (χ4n) is 2.50. The lowest BCUT2D eigenvalue weighted by Gasteiger charge is -2.04. The molecule has 8 heteroatoms. The molecular weight excluding hydrogens is 327 g/mol. The van der Waals surface area contributed by atoms with Gasteiger partial charge in [-0.2, -0.15) is 5.26 Å². The van der Waals surface area contributed by atoms with Gasteiger partial charge in [0.15, 0.2) is 12.1 Å². The molecule has 1 aromatic carbocycles. The highest BCUT2D eigenvalue weighted by Crippen LogP contribution is 2.23. The SMILES string of the molecule is Cc1[nH]n(-c2ccc(C(O)O)cn2)c(=O)c1-c1ccc(C#N)cc1F. The number of aliphatic hydroxyl groups is 2. The summed E-state index contributed by atoms with van der Waals surface area (Å²) in [4.78, 5) is 16.7. The van der Waals surface area contributed by atoms with Crippen molar-refractivity contribution < 1.29 is 14.6 Å². The van der Waals surface area contributed by atoms with Crippen LogP contribution in [0.25, 0.3) is 16.9 Å². The van der Waals surface area contributed by atoms with E-state index >= 15 is 0 Å². The van der Waals surface area contributed by atoms with E-state index in [1.807, 2.05) is 6.07 Å². The molecule has 0 fully saturated rings. The third kappa shape index (κ3) is 2.94. The molecule has 0 amide bonds. The van der Waals surface area contributed by atoms with Crippen LogP contribution in [-0.2, 0) is 0 Å². The highest BCUT2D eigenvalue weighted by molar-refractivity contribution is 5.67. The molecule has 0 radical (unpaired) electrons. The molecule has 0 atom stereocenters. The van der Waals surface area contributed by atoms with Crippen LogP contribution in [0.1, 0.15) is 23.1 Å². The zero-order valence-electron chi connectivity index (χ0n) is 13.1. The Morgan fingerprint density at radius 1 is 1.32 bits per heavy atom. The lowest BCUT2D eigenvalue weighted by Crippen LogP contribution is -2.17. The fourth-order valence-corrected chi connectivity index (χ4v) is 2.50. The number of nitriles is 1. The molecule has 7 nitrogen and oxygen atoms in total. The lowest BCUT2D eigenvalue weighted by atomic mass is 10.0. The van der Waals surface area contributed by atoms with Crippen LogP contribution in [0.2, 0.25) is 0 Å². The van der Waals surface area contributed by atoms with Crippen molar-refractivity contribution in [3.63, 3.8) is 0 Å². The Balaban J connectivity index is 2.11. The van der Waals surface area contributed by atoms with Gasteiger partial charge in [0.25, 0.3) is 5.56 Å². The Labute approximate surface area is 141 Å². The van der Waals surface area contributed by atoms with Crippen molar-refractivity contribution in [1.82, 2.24) is 14.8 Å². The van der Waals surface area contributed by atoms with Gasteiger partial charge in [-0.25, -0.2) is 14.1 Å². The van der Waals surface area contributed by atoms with E-state index in [9.17, 15) is 9.18 Å². The normalized spacial score (nSPS) is 10.9. The standard InChI is InChI=1S/C17H13FN4O3/c1-9-15(12-4-2-10(7-19)6-13(12)18)16(23)22(21-9)14-5-3-11(8-20-14)17(24)25/h2-6,8,17,21,24-25H,1H3. The Bertz CT molecular complexity index is 1030. The minimum absolute atomic E-state index is 0.0823. The van der Waals surface area contributed by atoms with Gasteiger partial charge >= 0.3 is 0 Å². The first-order chi connectivity index (χ1) is 11.9. The zero-order valence-corrected chi connectivity index (χ0v) is 13.1. The first kappa shape index (κ1) is 16.6. The van der Waals surface area contributed by atoms with E-state index in [1.165, 1.54) is 30.5 Å². The van der Waals surface area contributed by atoms with Crippen molar-refractivity contribution in [2.75, 3.05) is 0 Å². The molecule has 0 spiro atoms. The van der Waals surface area contributed by atoms with Crippen LogP contribution in [0.15, 0.2) is 41.3 Å². The summed E-state index contributed by atoms with van der Waals surface area (Å²) >= 11 is 0. The van der Waals surface area contributed by atoms with Crippen molar-refractivity contribution in [2.24, 2.45) is 0 Å². The van der Waals surface area contributed by atoms with Crippen LogP contribution < -0.4 is 5.56 Å². The molecule has 0 saturated heterocycles. The molecule has 0 aliphatic carbocycles. The van der Waals surface area contributed by atoms with Crippen molar-refractivity contribution in [1.29, 1.82) is 5.26 Å². The monoisotopic (exact) mass is 340 g/mol. The van der Waals surface area contributed by atoms with E-state index in [1.54, 1.807) is 6.92 Å². The van der Waals surface area contributed by atoms with Crippen LogP contribution in [0.5, 0.6) is 0 Å². The molecule has 126 valence electrons. The molecular formula is C17H13FN4O3. The quantitative estimate of drug-likeness (QED) is 0.626. The van der Waals surface area contributed by atoms with E-state index in [-0.39, 0.29) is 28.1 Å². The number of nitrogens with one attached hydrogen (secondary N) is 1. The average molecular weight is 340 g/mol. The van der Waals surface area contributed by atoms with Crippen LogP contribution in [-0.4, -0.2) is 25.0 Å². The molecule has 2 aromatic heterocycles. The van der Waals surface area contributed by atoms with E-state index < -0.39 is 17.7 Å². The fraction of sp³-hybridized carbons (Fsp3) is 0.118. The molecule has 0 aliphatic rings. The Hall–Kier alpha value is -3.28. The van der Waals surface area contributed by atoms with Gasteiger partial charge < -0.3 is 10.2 Å². The second-order valence-corrected chi connectivity index (χ2v) is 5.38. The smallest absolute Gasteiger partial charge is 0.280 e. The van der Waals surface area contributed by atoms with Crippen LogP contribution in [0.4, 0.5) is 4.39 Å². The van der Waals surface area contributed by atoms with Gasteiger partial charge in [0, 0.05) is 23.0 Å². The number of nitrogens with zero attached hydrogens (tertiary/aromatic N) is 3. The summed E-state index contributed by atoms with van der Waals surface area (Å²) in [5.41, 5.74) is 0.481. The van der Waals surface area contributed by atoms with Gasteiger partial charge in [-0.05, 0) is 37.3 Å². The van der Waals surface area contributed by atoms with Crippen molar-refractivity contribution in [3.05, 3.63) is 69.5 Å². The highest BCUT2D eigenvalue weighted by atomic mass is 19.1. The van der Waals surface area contributed by atoms with Gasteiger partial charge in [0.2, 0.25) is 0 Å². The summed E-state index contributed by atoms with van der Waals surface area (Å²) in [6, 6.07) is 8.58. The van der Waals surface area contributed by atoms with Gasteiger partial charge in [-0.1, -0.05) is 0 Å². The largest absolute Gasteiger partial charge is 0.364 e. The number of aliphatic hydroxyl groups excluding tert-OH is 1. The minimum Gasteiger partial charge on any atom is -0.364 e. The average Bonchev–Trinajstić information content (AvgIpc) is 2.89. The summed E-state index contributed by atoms with van der Waals surface area (Å²) in [6.07, 6.45) is -0.433. The van der Waals surface area contributed by atoms with Gasteiger partial charge in [-0.3, -0.25) is 9.89 Å². The summed E-state index contributed by atoms with van der Waals surface area (Å²) in [7, 11) is 0. The van der Waals surface area contributed by atoms with Crippen LogP contribution in [0, 0.1) is 24.1 Å². The predicted octanol–water partition coefficient (Wildman–Crippen LogP) is 1.53. The number of H-pyrrole nitrogens is 1. The first-order valence-corrected chi connectivity index (χ1v) is 7.26. The number of aromatic amines is 1. The van der Waals surface area contributed by atoms with E-state index in [0.717, 1.165) is 10.7 Å². The number of aromatic nitrogens is 3. The van der Waals surface area contributed by atoms with E-state index in [4.69, 9.17) is 15.5 Å². The number of pyridine rings is 1. The number of aryl methyl sites for hydroxylation is 1. The van der Waals surface area contributed by atoms with Crippen molar-refractivity contribution in [2.45, 2.75) is 13.2 Å². The Kier molecular flexibility index (Phi) is 4.19. The van der Waals surface area contributed by atoms with Gasteiger partial charge in [-0.15, -0.1) is 0 Å². The summed E-state index contributed by atoms with van der Waals surface area (Å²) in [5.74, 6) is -0.449. The Morgan fingerprint density at radius 2 is 2.08 bits per heavy atom. The molecule has 0 saturated carbocycles. The number of hydrogen-bond acceptors (Lipinski definition) is 5. The predicted molar refractivity (Wildman–Crippen MR) is 86.2 cm³/mol. The molecule has 25 heavy (non-hydrogen) atoms. The summed E-state index contributed by atoms with van der Waals surface area (Å²) in [6.45, 7) is 1.62. The van der Waals surface area contributed by atoms with E-state index in [0.29, 0.717) is 5.69 Å². The van der Waals surface area contributed by atoms with E-state index in [2.05, 4.69) is 10.1 Å². The maximum atomic E-state index is 14.3. The minimum atomic E-state index is -1.66. The molecule has 3 aromatic rings. The Morgan fingerprint density at radius 3 is 2.64 bits per heavy atom. The zero-order chi connectivity index (χ0) is 18.1. The number of benzene rings is 1. The molecule has 3 N–H and O–H groups in total. The molecule has 0 aliphatic heterocycles. The van der Waals surface area contributed by atoms with Crippen LogP contribution in [0.3, 0.4) is 0 Å².